The van der Waals surface area contributed by atoms with Gasteiger partial charge in [0, 0.05) is 6.42 Å². The van der Waals surface area contributed by atoms with Crippen LogP contribution in [-0.4, -0.2) is 18.0 Å². The summed E-state index contributed by atoms with van der Waals surface area (Å²) in [4.78, 5) is 14.9. The smallest absolute Gasteiger partial charge is 0.131 e. The molecule has 0 aliphatic carbocycles. The Morgan fingerprint density at radius 2 is 2.60 bits per heavy atom. The van der Waals surface area contributed by atoms with E-state index in [0.717, 1.165) is 12.8 Å². The zero-order valence-electron chi connectivity index (χ0n) is 6.34. The molecule has 0 aromatic rings. The van der Waals surface area contributed by atoms with E-state index in [0.29, 0.717) is 12.5 Å². The van der Waals surface area contributed by atoms with Crippen molar-refractivity contribution in [3.63, 3.8) is 0 Å². The Morgan fingerprint density at radius 1 is 1.80 bits per heavy atom. The fourth-order valence-corrected chi connectivity index (χ4v) is 1.23. The van der Waals surface area contributed by atoms with Crippen LogP contribution in [0.25, 0.3) is 0 Å². The van der Waals surface area contributed by atoms with Gasteiger partial charge < -0.3 is 0 Å². The predicted octanol–water partition coefficient (Wildman–Crippen LogP) is 1.59. The van der Waals surface area contributed by atoms with Crippen LogP contribution in [0.15, 0.2) is 4.99 Å². The van der Waals surface area contributed by atoms with Crippen LogP contribution in [0.5, 0.6) is 0 Å². The predicted molar refractivity (Wildman–Crippen MR) is 41.4 cm³/mol. The van der Waals surface area contributed by atoms with Crippen LogP contribution in [0.3, 0.4) is 0 Å². The van der Waals surface area contributed by atoms with Gasteiger partial charge in [-0.1, -0.05) is 0 Å². The molecule has 56 valence electrons. The van der Waals surface area contributed by atoms with Crippen molar-refractivity contribution >= 4 is 12.0 Å². The van der Waals surface area contributed by atoms with Gasteiger partial charge >= 0.3 is 0 Å². The molecule has 1 aliphatic heterocycles. The molecule has 0 radical (unpaired) electrons. The molecule has 0 aromatic heterocycles. The maximum absolute atomic E-state index is 10.6. The molecule has 0 aromatic carbocycles. The lowest BCUT2D eigenvalue weighted by Crippen LogP contribution is -2.12. The average Bonchev–Trinajstić information content (AvgIpc) is 1.88. The second-order valence-corrected chi connectivity index (χ2v) is 2.82. The molecule has 1 unspecified atom stereocenters. The molecule has 0 N–H and O–H groups in total. The number of aliphatic imine (C=N–C) groups is 1. The highest BCUT2D eigenvalue weighted by Crippen LogP contribution is 2.12. The molecule has 0 bridgehead atoms. The summed E-state index contributed by atoms with van der Waals surface area (Å²) in [5, 5.41) is 0. The first-order chi connectivity index (χ1) is 4.79. The SMILES string of the molecule is CC(=O)CC1CCCC=N1. The van der Waals surface area contributed by atoms with Gasteiger partial charge in [-0.2, -0.15) is 0 Å². The highest BCUT2D eigenvalue weighted by atomic mass is 16.1. The summed E-state index contributed by atoms with van der Waals surface area (Å²) < 4.78 is 0. The van der Waals surface area contributed by atoms with E-state index in [1.165, 1.54) is 6.42 Å². The fourth-order valence-electron chi connectivity index (χ4n) is 1.23. The van der Waals surface area contributed by atoms with Crippen LogP contribution >= 0.6 is 0 Å². The normalized spacial score (nSPS) is 24.7. The minimum Gasteiger partial charge on any atom is -0.300 e. The van der Waals surface area contributed by atoms with Gasteiger partial charge in [-0.05, 0) is 32.4 Å². The molecule has 1 aliphatic rings. The number of hydrogen-bond donors (Lipinski definition) is 0. The lowest BCUT2D eigenvalue weighted by atomic mass is 10.0. The van der Waals surface area contributed by atoms with Gasteiger partial charge in [0.1, 0.15) is 5.78 Å². The number of carbonyl (C=O) groups excluding carboxylic acids is 1. The van der Waals surface area contributed by atoms with Crippen LogP contribution in [0, 0.1) is 0 Å². The Balaban J connectivity index is 2.33. The largest absolute Gasteiger partial charge is 0.300 e. The van der Waals surface area contributed by atoms with Crippen LogP contribution in [-0.2, 0) is 4.79 Å². The molecular weight excluding hydrogens is 126 g/mol. The molecule has 2 heteroatoms. The van der Waals surface area contributed by atoms with E-state index in [2.05, 4.69) is 4.99 Å². The third kappa shape index (κ3) is 2.29. The first-order valence-corrected chi connectivity index (χ1v) is 3.80. The third-order valence-corrected chi connectivity index (χ3v) is 1.71. The monoisotopic (exact) mass is 139 g/mol. The molecule has 2 nitrogen and oxygen atoms in total. The van der Waals surface area contributed by atoms with Crippen molar-refractivity contribution in [3.05, 3.63) is 0 Å². The zero-order valence-corrected chi connectivity index (χ0v) is 6.34. The van der Waals surface area contributed by atoms with Gasteiger partial charge in [-0.25, -0.2) is 0 Å². The number of rotatable bonds is 2. The van der Waals surface area contributed by atoms with Gasteiger partial charge in [0.15, 0.2) is 0 Å². The lowest BCUT2D eigenvalue weighted by Gasteiger charge is -2.13. The molecular formula is C8H13NO. The minimum atomic E-state index is 0.254. The molecule has 10 heavy (non-hydrogen) atoms. The van der Waals surface area contributed by atoms with Crippen molar-refractivity contribution in [2.24, 2.45) is 4.99 Å². The minimum absolute atomic E-state index is 0.254. The maximum Gasteiger partial charge on any atom is 0.131 e. The molecule has 0 spiro atoms. The van der Waals surface area contributed by atoms with Gasteiger partial charge in [0.25, 0.3) is 0 Å². The van der Waals surface area contributed by atoms with Crippen LogP contribution in [0.1, 0.15) is 32.6 Å². The summed E-state index contributed by atoms with van der Waals surface area (Å²) in [5.74, 6) is 0.254. The Labute approximate surface area is 61.3 Å². The molecule has 1 atom stereocenters. The van der Waals surface area contributed by atoms with Gasteiger partial charge in [-0.3, -0.25) is 9.79 Å². The molecule has 0 saturated carbocycles. The summed E-state index contributed by atoms with van der Waals surface area (Å²) in [6.45, 7) is 1.63. The van der Waals surface area contributed by atoms with Gasteiger partial charge in [0.05, 0.1) is 6.04 Å². The summed E-state index contributed by atoms with van der Waals surface area (Å²) in [5.41, 5.74) is 0. The Hall–Kier alpha value is -0.660. The van der Waals surface area contributed by atoms with E-state index in [-0.39, 0.29) is 5.78 Å². The van der Waals surface area contributed by atoms with Crippen LogP contribution < -0.4 is 0 Å². The van der Waals surface area contributed by atoms with Crippen molar-refractivity contribution in [1.82, 2.24) is 0 Å². The van der Waals surface area contributed by atoms with Gasteiger partial charge in [0.2, 0.25) is 0 Å². The Morgan fingerprint density at radius 3 is 3.10 bits per heavy atom. The lowest BCUT2D eigenvalue weighted by molar-refractivity contribution is -0.117. The summed E-state index contributed by atoms with van der Waals surface area (Å²) >= 11 is 0. The zero-order chi connectivity index (χ0) is 7.40. The number of Topliss-reactive ketones (excluding diaryl/α,β-unsaturated/α-hetero) is 1. The number of nitrogens with zero attached hydrogens (tertiary/aromatic N) is 1. The van der Waals surface area contributed by atoms with Crippen molar-refractivity contribution in [3.8, 4) is 0 Å². The highest BCUT2D eigenvalue weighted by molar-refractivity contribution is 5.76. The first kappa shape index (κ1) is 7.45. The summed E-state index contributed by atoms with van der Waals surface area (Å²) in [6.07, 6.45) is 5.96. The topological polar surface area (TPSA) is 29.4 Å². The van der Waals surface area contributed by atoms with Crippen molar-refractivity contribution in [2.45, 2.75) is 38.6 Å². The highest BCUT2D eigenvalue weighted by Gasteiger charge is 2.10. The van der Waals surface area contributed by atoms with Crippen molar-refractivity contribution < 1.29 is 4.79 Å². The van der Waals surface area contributed by atoms with E-state index in [1.807, 2.05) is 6.21 Å². The van der Waals surface area contributed by atoms with Crippen molar-refractivity contribution in [2.75, 3.05) is 0 Å². The summed E-state index contributed by atoms with van der Waals surface area (Å²) in [6, 6.07) is 0.297. The number of ketones is 1. The average molecular weight is 139 g/mol. The quantitative estimate of drug-likeness (QED) is 0.571. The number of carbonyl (C=O) groups is 1. The van der Waals surface area contributed by atoms with Gasteiger partial charge in [-0.15, -0.1) is 0 Å². The summed E-state index contributed by atoms with van der Waals surface area (Å²) in [7, 11) is 0. The molecule has 0 fully saturated rings. The third-order valence-electron chi connectivity index (χ3n) is 1.71. The van der Waals surface area contributed by atoms with E-state index in [1.54, 1.807) is 6.92 Å². The van der Waals surface area contributed by atoms with E-state index in [9.17, 15) is 4.79 Å². The molecule has 0 saturated heterocycles. The second-order valence-electron chi connectivity index (χ2n) is 2.82. The van der Waals surface area contributed by atoms with E-state index in [4.69, 9.17) is 0 Å². The number of hydrogen-bond acceptors (Lipinski definition) is 2. The van der Waals surface area contributed by atoms with E-state index < -0.39 is 0 Å². The van der Waals surface area contributed by atoms with Crippen LogP contribution in [0.2, 0.25) is 0 Å². The Kier molecular flexibility index (Phi) is 2.60. The molecule has 1 rings (SSSR count). The standard InChI is InChI=1S/C8H13NO/c1-7(10)6-8-4-2-3-5-9-8/h5,8H,2-4,6H2,1H3. The Bertz CT molecular complexity index is 151. The maximum atomic E-state index is 10.6. The first-order valence-electron chi connectivity index (χ1n) is 3.80. The fraction of sp³-hybridized carbons (Fsp3) is 0.750. The van der Waals surface area contributed by atoms with Crippen molar-refractivity contribution in [1.29, 1.82) is 0 Å². The second kappa shape index (κ2) is 3.49. The van der Waals surface area contributed by atoms with E-state index >= 15 is 0 Å². The molecule has 0 amide bonds. The molecule has 1 heterocycles. The van der Waals surface area contributed by atoms with Crippen LogP contribution in [0.4, 0.5) is 0 Å².